The van der Waals surface area contributed by atoms with Crippen molar-refractivity contribution in [2.24, 2.45) is 0 Å². The molecule has 0 amide bonds. The van der Waals surface area contributed by atoms with Crippen LogP contribution >= 0.6 is 67.8 Å². The van der Waals surface area contributed by atoms with E-state index in [1.165, 1.54) is 24.3 Å². The fourth-order valence-electron chi connectivity index (χ4n) is 4.17. The molecule has 4 aromatic carbocycles. The number of benzene rings is 4. The van der Waals surface area contributed by atoms with Crippen molar-refractivity contribution in [1.82, 2.24) is 0 Å². The van der Waals surface area contributed by atoms with Crippen LogP contribution in [0.15, 0.2) is 72.8 Å². The molecule has 0 heterocycles. The van der Waals surface area contributed by atoms with Crippen molar-refractivity contribution in [2.75, 3.05) is 0 Å². The maximum Gasteiger partial charge on any atom is 0.573 e. The summed E-state index contributed by atoms with van der Waals surface area (Å²) < 4.78 is 85.7. The van der Waals surface area contributed by atoms with Crippen LogP contribution in [0.25, 0.3) is 22.3 Å². The molecule has 0 aromatic heterocycles. The molecule has 0 unspecified atom stereocenters. The summed E-state index contributed by atoms with van der Waals surface area (Å²) in [7, 11) is 0. The van der Waals surface area contributed by atoms with Crippen LogP contribution in [0.2, 0.25) is 0 Å². The second-order valence-corrected chi connectivity index (χ2v) is 12.0. The number of hydrogen-bond donors (Lipinski definition) is 0. The summed E-state index contributed by atoms with van der Waals surface area (Å²) in [5, 5.41) is 0. The summed E-state index contributed by atoms with van der Waals surface area (Å²) in [6, 6.07) is 19.8. The Kier molecular flexibility index (Phi) is 9.30. The maximum atomic E-state index is 12.5. The normalized spacial score (nSPS) is 11.9. The first kappa shape index (κ1) is 30.2. The van der Waals surface area contributed by atoms with E-state index in [9.17, 15) is 26.3 Å². The number of rotatable bonds is 6. The smallest absolute Gasteiger partial charge is 0.406 e. The molecule has 0 aliphatic rings. The first-order valence-corrected chi connectivity index (χ1v) is 14.4. The first-order chi connectivity index (χ1) is 18.2. The van der Waals surface area contributed by atoms with Crippen molar-refractivity contribution < 1.29 is 35.8 Å². The quantitative estimate of drug-likeness (QED) is 0.142. The van der Waals surface area contributed by atoms with E-state index in [2.05, 4.69) is 89.4 Å². The molecule has 0 aliphatic carbocycles. The van der Waals surface area contributed by atoms with E-state index in [-0.39, 0.29) is 11.5 Å². The van der Waals surface area contributed by atoms with Crippen molar-refractivity contribution >= 4 is 67.8 Å². The summed E-state index contributed by atoms with van der Waals surface area (Å²) in [6.45, 7) is 1.96. The lowest BCUT2D eigenvalue weighted by Crippen LogP contribution is -2.16. The van der Waals surface area contributed by atoms with E-state index < -0.39 is 12.7 Å². The van der Waals surface area contributed by atoms with Crippen LogP contribution in [0.1, 0.15) is 16.7 Å². The maximum absolute atomic E-state index is 12.5. The average molecular weight is 880 g/mol. The van der Waals surface area contributed by atoms with Crippen molar-refractivity contribution in [3.8, 4) is 33.8 Å². The third kappa shape index (κ3) is 8.15. The SMILES string of the molecule is Cc1cc(Cc2cc(I)c(-c3ccc(OC(F)(F)F)cc3)c(I)c2)cc(I)c1-c1ccc(OC(F)(F)F)cc1. The van der Waals surface area contributed by atoms with Gasteiger partial charge in [0.1, 0.15) is 11.5 Å². The molecular weight excluding hydrogens is 863 g/mol. The van der Waals surface area contributed by atoms with Gasteiger partial charge in [-0.2, -0.15) is 0 Å². The van der Waals surface area contributed by atoms with Gasteiger partial charge in [0.25, 0.3) is 0 Å². The highest BCUT2D eigenvalue weighted by molar-refractivity contribution is 14.1. The van der Waals surface area contributed by atoms with Gasteiger partial charge in [0.05, 0.1) is 0 Å². The lowest BCUT2D eigenvalue weighted by Gasteiger charge is -2.15. The Hall–Kier alpha value is -1.75. The molecule has 0 N–H and O–H groups in total. The van der Waals surface area contributed by atoms with Gasteiger partial charge in [-0.1, -0.05) is 30.3 Å². The molecular formula is C28H17F6I3O2. The Morgan fingerprint density at radius 3 is 1.31 bits per heavy atom. The van der Waals surface area contributed by atoms with Crippen LogP contribution in [0.5, 0.6) is 11.5 Å². The zero-order chi connectivity index (χ0) is 28.5. The number of hydrogen-bond acceptors (Lipinski definition) is 2. The van der Waals surface area contributed by atoms with Crippen molar-refractivity contribution in [3.05, 3.63) is 100 Å². The van der Waals surface area contributed by atoms with Gasteiger partial charge in [-0.15, -0.1) is 26.3 Å². The molecule has 0 atom stereocenters. The highest BCUT2D eigenvalue weighted by atomic mass is 127. The average Bonchev–Trinajstić information content (AvgIpc) is 2.78. The second kappa shape index (κ2) is 12.0. The van der Waals surface area contributed by atoms with E-state index in [0.717, 1.165) is 49.7 Å². The highest BCUT2D eigenvalue weighted by Gasteiger charge is 2.31. The van der Waals surface area contributed by atoms with Crippen LogP contribution in [-0.2, 0) is 6.42 Å². The minimum absolute atomic E-state index is 0.270. The van der Waals surface area contributed by atoms with Gasteiger partial charge in [0.15, 0.2) is 0 Å². The standard InChI is InChI=1S/C28H17F6I3O2/c1-15-10-16(12-22(35)25(15)18-2-6-20(7-3-18)38-27(29,30)31)11-17-13-23(36)26(24(37)14-17)19-4-8-21(9-5-19)39-28(32,33)34/h2-10,12-14H,11H2,1H3. The minimum Gasteiger partial charge on any atom is -0.406 e. The van der Waals surface area contributed by atoms with Crippen LogP contribution in [-0.4, -0.2) is 12.7 Å². The molecule has 0 fully saturated rings. The summed E-state index contributed by atoms with van der Waals surface area (Å²) in [4.78, 5) is 0. The molecule has 0 saturated carbocycles. The topological polar surface area (TPSA) is 18.5 Å². The minimum atomic E-state index is -4.74. The van der Waals surface area contributed by atoms with Gasteiger partial charge in [-0.05, 0) is 157 Å². The number of halogens is 9. The van der Waals surface area contributed by atoms with Crippen LogP contribution in [0, 0.1) is 17.6 Å². The van der Waals surface area contributed by atoms with E-state index in [1.54, 1.807) is 24.3 Å². The summed E-state index contributed by atoms with van der Waals surface area (Å²) in [5.74, 6) is -0.541. The Balaban J connectivity index is 1.55. The van der Waals surface area contributed by atoms with Gasteiger partial charge >= 0.3 is 12.7 Å². The number of ether oxygens (including phenoxy) is 2. The second-order valence-electron chi connectivity index (χ2n) is 8.53. The molecule has 204 valence electrons. The zero-order valence-electron chi connectivity index (χ0n) is 19.9. The molecule has 0 saturated heterocycles. The Morgan fingerprint density at radius 2 is 0.923 bits per heavy atom. The third-order valence-electron chi connectivity index (χ3n) is 5.61. The lowest BCUT2D eigenvalue weighted by atomic mass is 9.95. The summed E-state index contributed by atoms with van der Waals surface area (Å²) >= 11 is 6.69. The molecule has 2 nitrogen and oxygen atoms in total. The van der Waals surface area contributed by atoms with Gasteiger partial charge in [-0.3, -0.25) is 0 Å². The molecule has 0 aliphatic heterocycles. The van der Waals surface area contributed by atoms with Gasteiger partial charge in [-0.25, -0.2) is 0 Å². The van der Waals surface area contributed by atoms with Crippen molar-refractivity contribution in [1.29, 1.82) is 0 Å². The third-order valence-corrected chi connectivity index (χ3v) is 8.16. The molecule has 11 heteroatoms. The van der Waals surface area contributed by atoms with E-state index >= 15 is 0 Å². The summed E-state index contributed by atoms with van der Waals surface area (Å²) in [5.41, 5.74) is 6.58. The highest BCUT2D eigenvalue weighted by Crippen LogP contribution is 2.36. The Labute approximate surface area is 261 Å². The number of aryl methyl sites for hydroxylation is 1. The van der Waals surface area contributed by atoms with Gasteiger partial charge in [0.2, 0.25) is 0 Å². The summed E-state index contributed by atoms with van der Waals surface area (Å²) in [6.07, 6.45) is -8.83. The van der Waals surface area contributed by atoms with Gasteiger partial charge in [0, 0.05) is 16.3 Å². The zero-order valence-corrected chi connectivity index (χ0v) is 26.3. The predicted molar refractivity (Wildman–Crippen MR) is 163 cm³/mol. The van der Waals surface area contributed by atoms with Gasteiger partial charge < -0.3 is 9.47 Å². The molecule has 39 heavy (non-hydrogen) atoms. The lowest BCUT2D eigenvalue weighted by molar-refractivity contribution is -0.275. The molecule has 0 radical (unpaired) electrons. The Morgan fingerprint density at radius 1 is 0.564 bits per heavy atom. The number of alkyl halides is 6. The fraction of sp³-hybridized carbons (Fsp3) is 0.143. The first-order valence-electron chi connectivity index (χ1n) is 11.2. The van der Waals surface area contributed by atoms with Crippen LogP contribution in [0.3, 0.4) is 0 Å². The fourth-order valence-corrected chi connectivity index (χ4v) is 7.83. The van der Waals surface area contributed by atoms with Crippen LogP contribution in [0.4, 0.5) is 26.3 Å². The van der Waals surface area contributed by atoms with E-state index in [0.29, 0.717) is 6.42 Å². The molecule has 0 spiro atoms. The monoisotopic (exact) mass is 880 g/mol. The predicted octanol–water partition coefficient (Wildman–Crippen LogP) is 10.5. The van der Waals surface area contributed by atoms with Crippen molar-refractivity contribution in [2.45, 2.75) is 26.1 Å². The van der Waals surface area contributed by atoms with Crippen molar-refractivity contribution in [3.63, 3.8) is 0 Å². The van der Waals surface area contributed by atoms with E-state index in [4.69, 9.17) is 0 Å². The van der Waals surface area contributed by atoms with Crippen LogP contribution < -0.4 is 9.47 Å². The Bertz CT molecular complexity index is 1320. The molecule has 0 bridgehead atoms. The molecule has 4 rings (SSSR count). The van der Waals surface area contributed by atoms with E-state index in [1.807, 2.05) is 19.1 Å². The largest absolute Gasteiger partial charge is 0.573 e. The molecule has 4 aromatic rings.